The van der Waals surface area contributed by atoms with Crippen LogP contribution in [0.25, 0.3) is 11.3 Å². The zero-order valence-corrected chi connectivity index (χ0v) is 10.6. The van der Waals surface area contributed by atoms with Gasteiger partial charge in [0.05, 0.1) is 5.69 Å². The van der Waals surface area contributed by atoms with Crippen LogP contribution in [0, 0.1) is 0 Å². The summed E-state index contributed by atoms with van der Waals surface area (Å²) in [6, 6.07) is 11.2. The highest BCUT2D eigenvalue weighted by atomic mass is 15.2. The van der Waals surface area contributed by atoms with Crippen molar-refractivity contribution < 1.29 is 0 Å². The van der Waals surface area contributed by atoms with Gasteiger partial charge in [0.1, 0.15) is 0 Å². The average molecular weight is 229 g/mol. The second kappa shape index (κ2) is 5.15. The summed E-state index contributed by atoms with van der Waals surface area (Å²) < 4.78 is 1.89. The molecule has 0 saturated carbocycles. The van der Waals surface area contributed by atoms with Gasteiger partial charge in [-0.15, -0.1) is 0 Å². The molecule has 2 rings (SSSR count). The van der Waals surface area contributed by atoms with Crippen LogP contribution in [0.2, 0.25) is 0 Å². The Balaban J connectivity index is 2.11. The lowest BCUT2D eigenvalue weighted by molar-refractivity contribution is 0.589. The summed E-state index contributed by atoms with van der Waals surface area (Å²) in [7, 11) is 1.96. The molecule has 0 amide bonds. The van der Waals surface area contributed by atoms with E-state index in [4.69, 9.17) is 0 Å². The molecule has 17 heavy (non-hydrogen) atoms. The van der Waals surface area contributed by atoms with Crippen LogP contribution in [-0.4, -0.2) is 15.8 Å². The molecule has 0 radical (unpaired) electrons. The molecule has 1 heterocycles. The first-order chi connectivity index (χ1) is 8.16. The summed E-state index contributed by atoms with van der Waals surface area (Å²) in [6.45, 7) is 5.23. The third-order valence-electron chi connectivity index (χ3n) is 2.79. The highest BCUT2D eigenvalue weighted by Gasteiger charge is 2.02. The van der Waals surface area contributed by atoms with Crippen LogP contribution in [0.15, 0.2) is 36.5 Å². The Morgan fingerprint density at radius 2 is 1.88 bits per heavy atom. The Morgan fingerprint density at radius 3 is 2.41 bits per heavy atom. The van der Waals surface area contributed by atoms with Gasteiger partial charge in [0.15, 0.2) is 0 Å². The van der Waals surface area contributed by atoms with E-state index in [2.05, 4.69) is 48.5 Å². The number of aryl methyl sites for hydroxylation is 1. The topological polar surface area (TPSA) is 29.9 Å². The summed E-state index contributed by atoms with van der Waals surface area (Å²) in [4.78, 5) is 0. The highest BCUT2D eigenvalue weighted by molar-refractivity contribution is 5.59. The fraction of sp³-hybridized carbons (Fsp3) is 0.357. The van der Waals surface area contributed by atoms with Gasteiger partial charge in [-0.25, -0.2) is 0 Å². The lowest BCUT2D eigenvalue weighted by atomic mass is 10.1. The summed E-state index contributed by atoms with van der Waals surface area (Å²) in [5, 5.41) is 7.59. The van der Waals surface area contributed by atoms with Crippen molar-refractivity contribution in [1.82, 2.24) is 15.1 Å². The molecule has 0 aliphatic rings. The Hall–Kier alpha value is -1.61. The van der Waals surface area contributed by atoms with Gasteiger partial charge in [-0.2, -0.15) is 5.10 Å². The number of nitrogens with one attached hydrogen (secondary N) is 1. The number of nitrogens with zero attached hydrogens (tertiary/aromatic N) is 2. The standard InChI is InChI=1S/C14H19N3/c1-11(2)15-10-12-4-6-13(7-5-12)14-8-9-16-17(14)3/h4-9,11,15H,10H2,1-3H3. The van der Waals surface area contributed by atoms with E-state index in [9.17, 15) is 0 Å². The van der Waals surface area contributed by atoms with Crippen LogP contribution in [0.4, 0.5) is 0 Å². The quantitative estimate of drug-likeness (QED) is 0.873. The van der Waals surface area contributed by atoms with Gasteiger partial charge in [0.2, 0.25) is 0 Å². The maximum Gasteiger partial charge on any atom is 0.0678 e. The maximum absolute atomic E-state index is 4.18. The first kappa shape index (κ1) is 11.9. The van der Waals surface area contributed by atoms with E-state index in [-0.39, 0.29) is 0 Å². The minimum Gasteiger partial charge on any atom is -0.310 e. The Labute approximate surface area is 102 Å². The van der Waals surface area contributed by atoms with Gasteiger partial charge < -0.3 is 5.32 Å². The molecule has 1 N–H and O–H groups in total. The molecule has 0 aliphatic heterocycles. The minimum atomic E-state index is 0.520. The molecule has 0 unspecified atom stereocenters. The van der Waals surface area contributed by atoms with E-state index in [0.29, 0.717) is 6.04 Å². The molecule has 2 aromatic rings. The third-order valence-corrected chi connectivity index (χ3v) is 2.79. The van der Waals surface area contributed by atoms with Crippen molar-refractivity contribution in [3.05, 3.63) is 42.1 Å². The van der Waals surface area contributed by atoms with Crippen molar-refractivity contribution in [1.29, 1.82) is 0 Å². The summed E-state index contributed by atoms with van der Waals surface area (Å²) in [5.41, 5.74) is 3.66. The zero-order chi connectivity index (χ0) is 12.3. The van der Waals surface area contributed by atoms with Gasteiger partial charge in [-0.1, -0.05) is 38.1 Å². The van der Waals surface area contributed by atoms with Crippen LogP contribution in [0.1, 0.15) is 19.4 Å². The van der Waals surface area contributed by atoms with E-state index in [0.717, 1.165) is 12.2 Å². The lowest BCUT2D eigenvalue weighted by Gasteiger charge is -2.08. The fourth-order valence-electron chi connectivity index (χ4n) is 1.77. The molecule has 1 aromatic carbocycles. The summed E-state index contributed by atoms with van der Waals surface area (Å²) in [6.07, 6.45) is 1.82. The minimum absolute atomic E-state index is 0.520. The molecule has 0 saturated heterocycles. The number of rotatable bonds is 4. The first-order valence-corrected chi connectivity index (χ1v) is 5.97. The zero-order valence-electron chi connectivity index (χ0n) is 10.6. The van der Waals surface area contributed by atoms with Crippen LogP contribution >= 0.6 is 0 Å². The highest BCUT2D eigenvalue weighted by Crippen LogP contribution is 2.18. The number of aromatic nitrogens is 2. The smallest absolute Gasteiger partial charge is 0.0678 e. The van der Waals surface area contributed by atoms with Crippen molar-refractivity contribution in [3.8, 4) is 11.3 Å². The van der Waals surface area contributed by atoms with Crippen LogP contribution in [0.5, 0.6) is 0 Å². The van der Waals surface area contributed by atoms with E-state index < -0.39 is 0 Å². The van der Waals surface area contributed by atoms with E-state index in [1.165, 1.54) is 11.1 Å². The van der Waals surface area contributed by atoms with E-state index in [1.54, 1.807) is 0 Å². The Kier molecular flexibility index (Phi) is 3.59. The molecular weight excluding hydrogens is 210 g/mol. The van der Waals surface area contributed by atoms with Crippen molar-refractivity contribution in [3.63, 3.8) is 0 Å². The van der Waals surface area contributed by atoms with Crippen molar-refractivity contribution >= 4 is 0 Å². The molecule has 3 nitrogen and oxygen atoms in total. The Morgan fingerprint density at radius 1 is 1.18 bits per heavy atom. The second-order valence-electron chi connectivity index (χ2n) is 4.57. The van der Waals surface area contributed by atoms with Gasteiger partial charge >= 0.3 is 0 Å². The molecule has 90 valence electrons. The van der Waals surface area contributed by atoms with Crippen molar-refractivity contribution in [2.24, 2.45) is 7.05 Å². The largest absolute Gasteiger partial charge is 0.310 e. The van der Waals surface area contributed by atoms with Crippen LogP contribution in [-0.2, 0) is 13.6 Å². The molecule has 0 aliphatic carbocycles. The van der Waals surface area contributed by atoms with Crippen molar-refractivity contribution in [2.45, 2.75) is 26.4 Å². The van der Waals surface area contributed by atoms with E-state index >= 15 is 0 Å². The van der Waals surface area contributed by atoms with Gasteiger partial charge in [-0.3, -0.25) is 4.68 Å². The first-order valence-electron chi connectivity index (χ1n) is 5.97. The van der Waals surface area contributed by atoms with Gasteiger partial charge in [-0.05, 0) is 17.2 Å². The molecule has 0 bridgehead atoms. The SMILES string of the molecule is CC(C)NCc1ccc(-c2ccnn2C)cc1. The van der Waals surface area contributed by atoms with E-state index in [1.807, 2.05) is 24.0 Å². The number of hydrogen-bond acceptors (Lipinski definition) is 2. The van der Waals surface area contributed by atoms with Crippen LogP contribution < -0.4 is 5.32 Å². The molecule has 0 fully saturated rings. The summed E-state index contributed by atoms with van der Waals surface area (Å²) >= 11 is 0. The summed E-state index contributed by atoms with van der Waals surface area (Å²) in [5.74, 6) is 0. The molecule has 0 atom stereocenters. The molecule has 1 aromatic heterocycles. The number of hydrogen-bond donors (Lipinski definition) is 1. The second-order valence-corrected chi connectivity index (χ2v) is 4.57. The van der Waals surface area contributed by atoms with Gasteiger partial charge in [0, 0.05) is 25.8 Å². The normalized spacial score (nSPS) is 11.1. The monoisotopic (exact) mass is 229 g/mol. The molecular formula is C14H19N3. The maximum atomic E-state index is 4.18. The lowest BCUT2D eigenvalue weighted by Crippen LogP contribution is -2.21. The predicted molar refractivity (Wildman–Crippen MR) is 70.6 cm³/mol. The van der Waals surface area contributed by atoms with Crippen molar-refractivity contribution in [2.75, 3.05) is 0 Å². The fourth-order valence-corrected chi connectivity index (χ4v) is 1.77. The third kappa shape index (κ3) is 2.94. The Bertz CT molecular complexity index is 468. The number of benzene rings is 1. The molecule has 3 heteroatoms. The predicted octanol–water partition coefficient (Wildman–Crippen LogP) is 2.59. The molecule has 0 spiro atoms. The van der Waals surface area contributed by atoms with Crippen LogP contribution in [0.3, 0.4) is 0 Å². The average Bonchev–Trinajstić information content (AvgIpc) is 2.73. The van der Waals surface area contributed by atoms with Gasteiger partial charge in [0.25, 0.3) is 0 Å².